The zero-order valence-corrected chi connectivity index (χ0v) is 17.4. The Morgan fingerprint density at radius 2 is 1.57 bits per heavy atom. The second-order valence-corrected chi connectivity index (χ2v) is 8.24. The van der Waals surface area contributed by atoms with Gasteiger partial charge in [0.25, 0.3) is 11.6 Å². The first-order valence-electron chi connectivity index (χ1n) is 9.50. The number of quaternary nitrogens is 1. The first-order valence-corrected chi connectivity index (χ1v) is 10.3. The third-order valence-electron chi connectivity index (χ3n) is 5.58. The summed E-state index contributed by atoms with van der Waals surface area (Å²) in [7, 11) is 0. The molecule has 10 heteroatoms. The molecule has 4 rings (SSSR count). The Balaban J connectivity index is 1.43. The van der Waals surface area contributed by atoms with Crippen molar-refractivity contribution in [3.8, 4) is 0 Å². The fourth-order valence-corrected chi connectivity index (χ4v) is 4.59. The number of carbonyl (C=O) groups is 2. The highest BCUT2D eigenvalue weighted by Crippen LogP contribution is 2.29. The highest BCUT2D eigenvalue weighted by molar-refractivity contribution is 6.35. The van der Waals surface area contributed by atoms with E-state index in [0.29, 0.717) is 41.9 Å². The van der Waals surface area contributed by atoms with Crippen LogP contribution in [0.1, 0.15) is 6.42 Å². The van der Waals surface area contributed by atoms with E-state index in [4.69, 9.17) is 23.2 Å². The smallest absolute Gasteiger partial charge is 0.292 e. The number of amides is 2. The van der Waals surface area contributed by atoms with E-state index in [2.05, 4.69) is 4.90 Å². The average molecular weight is 450 g/mol. The number of halogens is 2. The standard InChI is InChI=1S/C20H18Cl2N4O4/c21-13-9-14(22)11-17(10-13)25-19(27)12-18(20(25)28)24-7-5-23(6-8-24)15-1-3-16(4-2-15)26(29)30/h1-4,9-11,18H,5-8,12H2/p+1/t18-/m0/s1. The maximum Gasteiger partial charge on any atom is 0.292 e. The number of carbonyl (C=O) groups excluding carboxylic acids is 2. The Bertz CT molecular complexity index is 986. The second-order valence-electron chi connectivity index (χ2n) is 7.37. The summed E-state index contributed by atoms with van der Waals surface area (Å²) in [6, 6.07) is 10.7. The van der Waals surface area contributed by atoms with Gasteiger partial charge in [0.1, 0.15) is 0 Å². The largest absolute Gasteiger partial charge is 0.360 e. The van der Waals surface area contributed by atoms with Crippen LogP contribution < -0.4 is 14.7 Å². The molecule has 2 saturated heterocycles. The molecule has 2 aliphatic heterocycles. The van der Waals surface area contributed by atoms with Crippen molar-refractivity contribution in [2.24, 2.45) is 0 Å². The van der Waals surface area contributed by atoms with Crippen molar-refractivity contribution < 1.29 is 19.4 Å². The van der Waals surface area contributed by atoms with Crippen LogP contribution in [0.25, 0.3) is 0 Å². The van der Waals surface area contributed by atoms with Crippen LogP contribution in [0.2, 0.25) is 10.0 Å². The molecule has 30 heavy (non-hydrogen) atoms. The van der Waals surface area contributed by atoms with Crippen molar-refractivity contribution in [2.45, 2.75) is 12.5 Å². The number of nitro groups is 1. The number of piperazine rings is 1. The summed E-state index contributed by atoms with van der Waals surface area (Å²) in [6.07, 6.45) is 0.149. The van der Waals surface area contributed by atoms with Gasteiger partial charge in [0.15, 0.2) is 6.04 Å². The number of anilines is 2. The minimum Gasteiger partial charge on any atom is -0.360 e. The quantitative estimate of drug-likeness (QED) is 0.437. The summed E-state index contributed by atoms with van der Waals surface area (Å²) in [6.45, 7) is 2.75. The Morgan fingerprint density at radius 3 is 2.13 bits per heavy atom. The zero-order valence-electron chi connectivity index (χ0n) is 15.9. The molecule has 156 valence electrons. The number of benzene rings is 2. The molecule has 2 amide bonds. The van der Waals surface area contributed by atoms with Gasteiger partial charge in [-0.05, 0) is 30.3 Å². The molecule has 2 fully saturated rings. The van der Waals surface area contributed by atoms with E-state index in [1.54, 1.807) is 30.3 Å². The maximum atomic E-state index is 13.0. The molecule has 2 aromatic rings. The average Bonchev–Trinajstić information content (AvgIpc) is 3.01. The maximum absolute atomic E-state index is 13.0. The molecule has 2 heterocycles. The van der Waals surface area contributed by atoms with Crippen LogP contribution in [0.15, 0.2) is 42.5 Å². The highest BCUT2D eigenvalue weighted by Gasteiger charge is 2.46. The van der Waals surface area contributed by atoms with E-state index in [0.717, 1.165) is 10.6 Å². The minimum absolute atomic E-state index is 0.0549. The predicted molar refractivity (Wildman–Crippen MR) is 113 cm³/mol. The third-order valence-corrected chi connectivity index (χ3v) is 6.01. The molecule has 2 aromatic carbocycles. The van der Waals surface area contributed by atoms with Crippen LogP contribution in [0.5, 0.6) is 0 Å². The predicted octanol–water partition coefficient (Wildman–Crippen LogP) is 1.94. The molecule has 8 nitrogen and oxygen atoms in total. The van der Waals surface area contributed by atoms with Gasteiger partial charge in [0, 0.05) is 27.9 Å². The number of nitrogens with one attached hydrogen (secondary N) is 1. The van der Waals surface area contributed by atoms with Crippen LogP contribution in [-0.2, 0) is 9.59 Å². The second kappa shape index (κ2) is 8.22. The molecule has 0 aliphatic carbocycles. The Kier molecular flexibility index (Phi) is 5.64. The molecule has 1 atom stereocenters. The first kappa shape index (κ1) is 20.6. The van der Waals surface area contributed by atoms with Crippen LogP contribution in [0.3, 0.4) is 0 Å². The van der Waals surface area contributed by atoms with E-state index in [-0.39, 0.29) is 23.9 Å². The Morgan fingerprint density at radius 1 is 0.967 bits per heavy atom. The topological polar surface area (TPSA) is 88.2 Å². The summed E-state index contributed by atoms with van der Waals surface area (Å²) in [5.41, 5.74) is 1.36. The lowest BCUT2D eigenvalue weighted by Crippen LogP contribution is -3.19. The molecule has 0 aromatic heterocycles. The third kappa shape index (κ3) is 3.98. The fourth-order valence-electron chi connectivity index (χ4n) is 4.08. The highest BCUT2D eigenvalue weighted by atomic mass is 35.5. The number of non-ortho nitro benzene ring substituents is 1. The van der Waals surface area contributed by atoms with E-state index < -0.39 is 11.0 Å². The Hall–Kier alpha value is -2.68. The molecule has 0 spiro atoms. The lowest BCUT2D eigenvalue weighted by atomic mass is 10.1. The summed E-state index contributed by atoms with van der Waals surface area (Å²) < 4.78 is 0. The number of nitrogens with zero attached hydrogens (tertiary/aromatic N) is 3. The molecular weight excluding hydrogens is 431 g/mol. The monoisotopic (exact) mass is 449 g/mol. The van der Waals surface area contributed by atoms with E-state index in [9.17, 15) is 19.7 Å². The lowest BCUT2D eigenvalue weighted by Gasteiger charge is -2.35. The van der Waals surface area contributed by atoms with Gasteiger partial charge >= 0.3 is 0 Å². The van der Waals surface area contributed by atoms with Crippen molar-refractivity contribution in [1.29, 1.82) is 0 Å². The summed E-state index contributed by atoms with van der Waals surface area (Å²) in [5.74, 6) is -0.495. The molecule has 0 bridgehead atoms. The normalized spacial score (nSPS) is 20.1. The molecule has 0 radical (unpaired) electrons. The van der Waals surface area contributed by atoms with Crippen molar-refractivity contribution >= 4 is 52.1 Å². The van der Waals surface area contributed by atoms with Crippen LogP contribution in [-0.4, -0.2) is 49.0 Å². The lowest BCUT2D eigenvalue weighted by molar-refractivity contribution is -0.915. The van der Waals surface area contributed by atoms with Gasteiger partial charge < -0.3 is 9.80 Å². The van der Waals surface area contributed by atoms with Crippen LogP contribution in [0.4, 0.5) is 17.1 Å². The SMILES string of the molecule is O=C1C[C@H]([NH+]2CCN(c3ccc([N+](=O)[O-])cc3)CC2)C(=O)N1c1cc(Cl)cc(Cl)c1. The van der Waals surface area contributed by atoms with Gasteiger partial charge in [-0.15, -0.1) is 0 Å². The molecule has 2 aliphatic rings. The van der Waals surface area contributed by atoms with Gasteiger partial charge in [0.05, 0.1) is 43.2 Å². The van der Waals surface area contributed by atoms with Gasteiger partial charge in [-0.25, -0.2) is 4.90 Å². The number of rotatable bonds is 4. The van der Waals surface area contributed by atoms with Crippen molar-refractivity contribution in [1.82, 2.24) is 0 Å². The number of hydrogen-bond donors (Lipinski definition) is 1. The van der Waals surface area contributed by atoms with Gasteiger partial charge in [0.2, 0.25) is 5.91 Å². The molecule has 0 unspecified atom stereocenters. The van der Waals surface area contributed by atoms with Gasteiger partial charge in [-0.1, -0.05) is 23.2 Å². The minimum atomic E-state index is -0.436. The molecular formula is C20H19Cl2N4O4+. The summed E-state index contributed by atoms with van der Waals surface area (Å²) >= 11 is 12.1. The van der Waals surface area contributed by atoms with E-state index >= 15 is 0 Å². The fraction of sp³-hybridized carbons (Fsp3) is 0.300. The molecule has 1 N–H and O–H groups in total. The van der Waals surface area contributed by atoms with Crippen molar-refractivity contribution in [3.05, 3.63) is 62.6 Å². The first-order chi connectivity index (χ1) is 14.3. The van der Waals surface area contributed by atoms with Gasteiger partial charge in [-0.2, -0.15) is 0 Å². The number of imide groups is 1. The zero-order chi connectivity index (χ0) is 21.4. The summed E-state index contributed by atoms with van der Waals surface area (Å²) in [4.78, 5) is 40.3. The number of hydrogen-bond acceptors (Lipinski definition) is 5. The molecule has 0 saturated carbocycles. The van der Waals surface area contributed by atoms with Crippen LogP contribution in [0, 0.1) is 10.1 Å². The number of nitro benzene ring substituents is 1. The van der Waals surface area contributed by atoms with E-state index in [1.165, 1.54) is 17.0 Å². The summed E-state index contributed by atoms with van der Waals surface area (Å²) in [5, 5.41) is 11.5. The van der Waals surface area contributed by atoms with Gasteiger partial charge in [-0.3, -0.25) is 19.7 Å². The van der Waals surface area contributed by atoms with E-state index in [1.807, 2.05) is 0 Å². The van der Waals surface area contributed by atoms with Crippen molar-refractivity contribution in [2.75, 3.05) is 36.0 Å². The van der Waals surface area contributed by atoms with Crippen LogP contribution >= 0.6 is 23.2 Å². The Labute approximate surface area is 182 Å². The van der Waals surface area contributed by atoms with Crippen molar-refractivity contribution in [3.63, 3.8) is 0 Å².